The van der Waals surface area contributed by atoms with Gasteiger partial charge in [0.1, 0.15) is 5.58 Å². The highest BCUT2D eigenvalue weighted by molar-refractivity contribution is 7.16. The topological polar surface area (TPSA) is 55.1 Å². The molecule has 6 heteroatoms. The van der Waals surface area contributed by atoms with E-state index in [9.17, 15) is 4.79 Å². The van der Waals surface area contributed by atoms with Crippen LogP contribution in [0.1, 0.15) is 15.4 Å². The molecule has 0 aliphatic heterocycles. The molecule has 1 amide bonds. The van der Waals surface area contributed by atoms with E-state index >= 15 is 0 Å². The third-order valence-electron chi connectivity index (χ3n) is 3.78. The van der Waals surface area contributed by atoms with Gasteiger partial charge in [0.05, 0.1) is 5.69 Å². The van der Waals surface area contributed by atoms with Crippen LogP contribution in [0.2, 0.25) is 5.02 Å². The summed E-state index contributed by atoms with van der Waals surface area (Å²) in [5.74, 6) is -0.0466. The van der Waals surface area contributed by atoms with Crippen LogP contribution in [0, 0.1) is 6.92 Å². The van der Waals surface area contributed by atoms with Gasteiger partial charge in [-0.05, 0) is 31.2 Å². The van der Waals surface area contributed by atoms with Crippen molar-refractivity contribution in [1.82, 2.24) is 4.98 Å². The van der Waals surface area contributed by atoms with Crippen molar-refractivity contribution in [2.75, 3.05) is 5.32 Å². The molecule has 2 heterocycles. The fraction of sp³-hybridized carbons (Fsp3) is 0.0526. The number of anilines is 1. The van der Waals surface area contributed by atoms with Crippen LogP contribution < -0.4 is 5.32 Å². The van der Waals surface area contributed by atoms with Gasteiger partial charge in [-0.1, -0.05) is 41.9 Å². The molecule has 0 fully saturated rings. The first-order valence-electron chi connectivity index (χ1n) is 7.63. The number of para-hydroxylation sites is 1. The van der Waals surface area contributed by atoms with Gasteiger partial charge in [0, 0.05) is 20.8 Å². The van der Waals surface area contributed by atoms with Crippen molar-refractivity contribution in [3.8, 4) is 11.3 Å². The SMILES string of the molecule is Cc1sc(NC(=O)c2cc3ccccc3o2)nc1-c1ccc(Cl)cc1. The first-order chi connectivity index (χ1) is 12.1. The number of hydrogen-bond donors (Lipinski definition) is 1. The molecule has 25 heavy (non-hydrogen) atoms. The van der Waals surface area contributed by atoms with Gasteiger partial charge in [0.2, 0.25) is 0 Å². The molecule has 0 spiro atoms. The highest BCUT2D eigenvalue weighted by Crippen LogP contribution is 2.31. The number of furan rings is 1. The molecule has 0 saturated carbocycles. The maximum absolute atomic E-state index is 12.4. The zero-order valence-corrected chi connectivity index (χ0v) is 14.8. The van der Waals surface area contributed by atoms with Crippen molar-refractivity contribution in [3.63, 3.8) is 0 Å². The van der Waals surface area contributed by atoms with Gasteiger partial charge in [0.25, 0.3) is 5.91 Å². The van der Waals surface area contributed by atoms with Crippen LogP contribution in [0.15, 0.2) is 59.0 Å². The molecule has 0 aliphatic carbocycles. The second kappa shape index (κ2) is 6.35. The monoisotopic (exact) mass is 368 g/mol. The highest BCUT2D eigenvalue weighted by atomic mass is 35.5. The largest absolute Gasteiger partial charge is 0.451 e. The number of nitrogens with one attached hydrogen (secondary N) is 1. The summed E-state index contributed by atoms with van der Waals surface area (Å²) in [6.45, 7) is 1.97. The van der Waals surface area contributed by atoms with Crippen LogP contribution in [0.5, 0.6) is 0 Å². The van der Waals surface area contributed by atoms with Gasteiger partial charge in [-0.25, -0.2) is 4.98 Å². The summed E-state index contributed by atoms with van der Waals surface area (Å²) in [7, 11) is 0. The van der Waals surface area contributed by atoms with Crippen molar-refractivity contribution >= 4 is 44.9 Å². The summed E-state index contributed by atoms with van der Waals surface area (Å²) in [6, 6.07) is 16.7. The Morgan fingerprint density at radius 3 is 2.68 bits per heavy atom. The minimum absolute atomic E-state index is 0.266. The van der Waals surface area contributed by atoms with Crippen LogP contribution in [-0.4, -0.2) is 10.9 Å². The molecule has 4 aromatic rings. The van der Waals surface area contributed by atoms with E-state index in [1.54, 1.807) is 6.07 Å². The molecule has 0 atom stereocenters. The zero-order valence-electron chi connectivity index (χ0n) is 13.2. The summed E-state index contributed by atoms with van der Waals surface area (Å²) < 4.78 is 5.59. The maximum Gasteiger partial charge on any atom is 0.293 e. The Labute approximate surface area is 153 Å². The molecule has 0 radical (unpaired) electrons. The number of carbonyl (C=O) groups excluding carboxylic acids is 1. The van der Waals surface area contributed by atoms with Crippen molar-refractivity contribution in [2.45, 2.75) is 6.92 Å². The number of amides is 1. The average Bonchev–Trinajstić information content (AvgIpc) is 3.19. The van der Waals surface area contributed by atoms with Crippen LogP contribution >= 0.6 is 22.9 Å². The lowest BCUT2D eigenvalue weighted by atomic mass is 10.1. The van der Waals surface area contributed by atoms with Gasteiger partial charge in [-0.3, -0.25) is 10.1 Å². The van der Waals surface area contributed by atoms with Gasteiger partial charge >= 0.3 is 0 Å². The molecule has 0 bridgehead atoms. The number of hydrogen-bond acceptors (Lipinski definition) is 4. The third-order valence-corrected chi connectivity index (χ3v) is 4.92. The van der Waals surface area contributed by atoms with Crippen molar-refractivity contribution < 1.29 is 9.21 Å². The molecule has 0 saturated heterocycles. The Bertz CT molecular complexity index is 1030. The number of aromatic nitrogens is 1. The van der Waals surface area contributed by atoms with Crippen molar-refractivity contribution in [2.24, 2.45) is 0 Å². The summed E-state index contributed by atoms with van der Waals surface area (Å²) in [6.07, 6.45) is 0. The van der Waals surface area contributed by atoms with Gasteiger partial charge in [0.15, 0.2) is 10.9 Å². The molecule has 1 N–H and O–H groups in total. The Morgan fingerprint density at radius 2 is 1.92 bits per heavy atom. The summed E-state index contributed by atoms with van der Waals surface area (Å²) in [4.78, 5) is 18.0. The van der Waals surface area contributed by atoms with E-state index in [1.165, 1.54) is 11.3 Å². The molecular weight excluding hydrogens is 356 g/mol. The zero-order chi connectivity index (χ0) is 17.4. The van der Waals surface area contributed by atoms with Crippen molar-refractivity contribution in [3.05, 3.63) is 70.3 Å². The number of halogens is 1. The van der Waals surface area contributed by atoms with Gasteiger partial charge in [-0.15, -0.1) is 11.3 Å². The van der Waals surface area contributed by atoms with Gasteiger partial charge in [-0.2, -0.15) is 0 Å². The molecule has 0 aliphatic rings. The van der Waals surface area contributed by atoms with Crippen molar-refractivity contribution in [1.29, 1.82) is 0 Å². The first kappa shape index (κ1) is 15.9. The summed E-state index contributed by atoms with van der Waals surface area (Å²) in [5, 5.41) is 4.91. The van der Waals surface area contributed by atoms with Crippen LogP contribution in [-0.2, 0) is 0 Å². The molecule has 4 rings (SSSR count). The van der Waals surface area contributed by atoms with Crippen LogP contribution in [0.25, 0.3) is 22.2 Å². The number of benzene rings is 2. The Hall–Kier alpha value is -2.63. The fourth-order valence-corrected chi connectivity index (χ4v) is 3.53. The summed E-state index contributed by atoms with van der Waals surface area (Å²) >= 11 is 7.35. The average molecular weight is 369 g/mol. The Kier molecular flexibility index (Phi) is 4.03. The van der Waals surface area contributed by atoms with Crippen LogP contribution in [0.3, 0.4) is 0 Å². The summed E-state index contributed by atoms with van der Waals surface area (Å²) in [5.41, 5.74) is 2.48. The van der Waals surface area contributed by atoms with E-state index in [1.807, 2.05) is 55.5 Å². The van der Waals surface area contributed by atoms with Gasteiger partial charge < -0.3 is 4.42 Å². The van der Waals surface area contributed by atoms with E-state index in [0.717, 1.165) is 21.5 Å². The molecule has 2 aromatic heterocycles. The fourth-order valence-electron chi connectivity index (χ4n) is 2.58. The normalized spacial score (nSPS) is 11.0. The Morgan fingerprint density at radius 1 is 1.16 bits per heavy atom. The maximum atomic E-state index is 12.4. The highest BCUT2D eigenvalue weighted by Gasteiger charge is 2.16. The lowest BCUT2D eigenvalue weighted by Gasteiger charge is -1.99. The number of rotatable bonds is 3. The quantitative estimate of drug-likeness (QED) is 0.499. The first-order valence-corrected chi connectivity index (χ1v) is 8.83. The predicted octanol–water partition coefficient (Wildman–Crippen LogP) is 5.77. The number of thiazole rings is 1. The minimum atomic E-state index is -0.312. The molecule has 124 valence electrons. The minimum Gasteiger partial charge on any atom is -0.451 e. The van der Waals surface area contributed by atoms with E-state index in [2.05, 4.69) is 10.3 Å². The number of nitrogens with zero attached hydrogens (tertiary/aromatic N) is 1. The lowest BCUT2D eigenvalue weighted by Crippen LogP contribution is -2.10. The smallest absolute Gasteiger partial charge is 0.293 e. The molecule has 2 aromatic carbocycles. The number of fused-ring (bicyclic) bond motifs is 1. The second-order valence-electron chi connectivity index (χ2n) is 5.53. The second-order valence-corrected chi connectivity index (χ2v) is 7.17. The molecular formula is C19H13ClN2O2S. The number of carbonyl (C=O) groups is 1. The predicted molar refractivity (Wildman–Crippen MR) is 101 cm³/mol. The lowest BCUT2D eigenvalue weighted by molar-refractivity contribution is 0.0998. The van der Waals surface area contributed by atoms with E-state index in [-0.39, 0.29) is 11.7 Å². The molecule has 0 unspecified atom stereocenters. The standard InChI is InChI=1S/C19H13ClN2O2S/c1-11-17(12-6-8-14(20)9-7-12)21-19(25-11)22-18(23)16-10-13-4-2-3-5-15(13)24-16/h2-10H,1H3,(H,21,22,23). The number of aryl methyl sites for hydroxylation is 1. The van der Waals surface area contributed by atoms with Crippen LogP contribution in [0.4, 0.5) is 5.13 Å². The van der Waals surface area contributed by atoms with E-state index in [0.29, 0.717) is 15.7 Å². The third kappa shape index (κ3) is 3.16. The van der Waals surface area contributed by atoms with E-state index < -0.39 is 0 Å². The molecule has 4 nitrogen and oxygen atoms in total. The van der Waals surface area contributed by atoms with E-state index in [4.69, 9.17) is 16.0 Å². The Balaban J connectivity index is 1.59.